The molecule has 0 saturated carbocycles. The second-order valence-corrected chi connectivity index (χ2v) is 6.00. The molecule has 0 radical (unpaired) electrons. The van der Waals surface area contributed by atoms with E-state index in [2.05, 4.69) is 10.3 Å². The molecule has 1 aliphatic heterocycles. The number of benzene rings is 1. The predicted molar refractivity (Wildman–Crippen MR) is 81.1 cm³/mol. The van der Waals surface area contributed by atoms with Crippen LogP contribution in [0.2, 0.25) is 0 Å². The van der Waals surface area contributed by atoms with Gasteiger partial charge in [0.05, 0.1) is 28.7 Å². The first-order valence-corrected chi connectivity index (χ1v) is 7.75. The second-order valence-electron chi connectivity index (χ2n) is 6.00. The fourth-order valence-corrected chi connectivity index (χ4v) is 2.99. The molecule has 4 nitrogen and oxygen atoms in total. The number of nitrogens with zero attached hydrogens (tertiary/aromatic N) is 2. The number of rotatable bonds is 4. The van der Waals surface area contributed by atoms with Gasteiger partial charge < -0.3 is 14.6 Å². The Kier molecular flexibility index (Phi) is 4.33. The molecule has 1 fully saturated rings. The molecule has 3 rings (SSSR count). The Morgan fingerprint density at radius 2 is 2.22 bits per heavy atom. The summed E-state index contributed by atoms with van der Waals surface area (Å²) in [5, 5.41) is 3.36. The largest absolute Gasteiger partial charge is 0.416 e. The average molecular weight is 327 g/mol. The molecule has 1 N–H and O–H groups in total. The van der Waals surface area contributed by atoms with Gasteiger partial charge in [-0.05, 0) is 38.0 Å². The number of nitrogens with one attached hydrogen (secondary N) is 1. The minimum absolute atomic E-state index is 0.0639. The van der Waals surface area contributed by atoms with Crippen molar-refractivity contribution in [3.63, 3.8) is 0 Å². The number of hydrogen-bond acceptors (Lipinski definition) is 3. The molecule has 0 amide bonds. The van der Waals surface area contributed by atoms with E-state index in [1.54, 1.807) is 0 Å². The molecule has 23 heavy (non-hydrogen) atoms. The van der Waals surface area contributed by atoms with Crippen molar-refractivity contribution in [2.45, 2.75) is 38.1 Å². The van der Waals surface area contributed by atoms with Gasteiger partial charge >= 0.3 is 6.18 Å². The standard InChI is InChI=1S/C16H20F3N3O/c1-10(20-9-12-4-3-7-23-12)15-21-13-8-11(16(17,18)19)5-6-14(13)22(15)2/h5-6,8,10,12,20H,3-4,7,9H2,1-2H3/t10-,12-/m0/s1. The van der Waals surface area contributed by atoms with E-state index < -0.39 is 11.7 Å². The minimum Gasteiger partial charge on any atom is -0.377 e. The van der Waals surface area contributed by atoms with E-state index in [-0.39, 0.29) is 12.1 Å². The number of aromatic nitrogens is 2. The maximum atomic E-state index is 12.8. The minimum atomic E-state index is -4.35. The number of ether oxygens (including phenoxy) is 1. The lowest BCUT2D eigenvalue weighted by Crippen LogP contribution is -2.29. The van der Waals surface area contributed by atoms with E-state index in [0.717, 1.165) is 44.0 Å². The quantitative estimate of drug-likeness (QED) is 0.935. The lowest BCUT2D eigenvalue weighted by Gasteiger charge is -2.16. The van der Waals surface area contributed by atoms with Crippen molar-refractivity contribution in [1.82, 2.24) is 14.9 Å². The third-order valence-corrected chi connectivity index (χ3v) is 4.31. The number of alkyl halides is 3. The zero-order valence-corrected chi connectivity index (χ0v) is 13.2. The lowest BCUT2D eigenvalue weighted by molar-refractivity contribution is -0.137. The van der Waals surface area contributed by atoms with Crippen molar-refractivity contribution in [2.24, 2.45) is 7.05 Å². The molecular formula is C16H20F3N3O. The molecule has 0 spiro atoms. The van der Waals surface area contributed by atoms with Crippen LogP contribution in [0.5, 0.6) is 0 Å². The molecule has 1 saturated heterocycles. The second kappa shape index (κ2) is 6.13. The highest BCUT2D eigenvalue weighted by atomic mass is 19.4. The van der Waals surface area contributed by atoms with Gasteiger partial charge in [-0.1, -0.05) is 0 Å². The normalized spacial score (nSPS) is 20.3. The Bertz CT molecular complexity index is 690. The van der Waals surface area contributed by atoms with Gasteiger partial charge in [0.15, 0.2) is 0 Å². The third-order valence-electron chi connectivity index (χ3n) is 4.31. The van der Waals surface area contributed by atoms with Crippen molar-refractivity contribution in [2.75, 3.05) is 13.2 Å². The molecule has 0 unspecified atom stereocenters. The highest BCUT2D eigenvalue weighted by molar-refractivity contribution is 5.77. The smallest absolute Gasteiger partial charge is 0.377 e. The molecule has 2 aromatic rings. The van der Waals surface area contributed by atoms with Crippen molar-refractivity contribution >= 4 is 11.0 Å². The summed E-state index contributed by atoms with van der Waals surface area (Å²) >= 11 is 0. The monoisotopic (exact) mass is 327 g/mol. The molecule has 2 atom stereocenters. The van der Waals surface area contributed by atoms with Gasteiger partial charge in [0.25, 0.3) is 0 Å². The number of fused-ring (bicyclic) bond motifs is 1. The molecule has 0 bridgehead atoms. The van der Waals surface area contributed by atoms with Crippen LogP contribution < -0.4 is 5.32 Å². The Labute approximate surface area is 132 Å². The van der Waals surface area contributed by atoms with E-state index in [1.165, 1.54) is 6.07 Å². The van der Waals surface area contributed by atoms with E-state index in [9.17, 15) is 13.2 Å². The summed E-state index contributed by atoms with van der Waals surface area (Å²) in [6, 6.07) is 3.61. The van der Waals surface area contributed by atoms with Crippen molar-refractivity contribution in [3.8, 4) is 0 Å². The number of imidazole rings is 1. The summed E-state index contributed by atoms with van der Waals surface area (Å²) < 4.78 is 45.8. The zero-order chi connectivity index (χ0) is 16.6. The Balaban J connectivity index is 1.81. The SMILES string of the molecule is C[C@H](NC[C@@H]1CCCO1)c1nc2cc(C(F)(F)F)ccc2n1C. The highest BCUT2D eigenvalue weighted by Gasteiger charge is 2.31. The van der Waals surface area contributed by atoms with Crippen molar-refractivity contribution in [1.29, 1.82) is 0 Å². The van der Waals surface area contributed by atoms with E-state index in [4.69, 9.17) is 4.74 Å². The summed E-state index contributed by atoms with van der Waals surface area (Å²) in [4.78, 5) is 4.39. The van der Waals surface area contributed by atoms with Gasteiger partial charge in [-0.2, -0.15) is 13.2 Å². The van der Waals surface area contributed by atoms with Crippen LogP contribution in [-0.2, 0) is 18.0 Å². The van der Waals surface area contributed by atoms with E-state index >= 15 is 0 Å². The summed E-state index contributed by atoms with van der Waals surface area (Å²) in [6.07, 6.45) is -2.02. The highest BCUT2D eigenvalue weighted by Crippen LogP contribution is 2.31. The Hall–Kier alpha value is -1.60. The lowest BCUT2D eigenvalue weighted by atomic mass is 10.2. The van der Waals surface area contributed by atoms with Crippen LogP contribution in [0.4, 0.5) is 13.2 Å². The van der Waals surface area contributed by atoms with Gasteiger partial charge in [-0.15, -0.1) is 0 Å². The van der Waals surface area contributed by atoms with Crippen LogP contribution in [0.25, 0.3) is 11.0 Å². The first-order chi connectivity index (χ1) is 10.9. The average Bonchev–Trinajstić information content (AvgIpc) is 3.12. The van der Waals surface area contributed by atoms with Crippen LogP contribution >= 0.6 is 0 Å². The topological polar surface area (TPSA) is 39.1 Å². The Morgan fingerprint density at radius 3 is 2.87 bits per heavy atom. The van der Waals surface area contributed by atoms with Crippen LogP contribution in [0, 0.1) is 0 Å². The van der Waals surface area contributed by atoms with Crippen LogP contribution in [0.3, 0.4) is 0 Å². The fourth-order valence-electron chi connectivity index (χ4n) is 2.99. The first kappa shape index (κ1) is 16.3. The molecule has 1 aliphatic rings. The van der Waals surface area contributed by atoms with Crippen LogP contribution in [-0.4, -0.2) is 28.8 Å². The molecule has 126 valence electrons. The summed E-state index contributed by atoms with van der Waals surface area (Å²) in [5.41, 5.74) is 0.386. The molecule has 1 aromatic carbocycles. The molecule has 2 heterocycles. The summed E-state index contributed by atoms with van der Waals surface area (Å²) in [5.74, 6) is 0.720. The van der Waals surface area contributed by atoms with E-state index in [1.807, 2.05) is 18.5 Å². The number of aryl methyl sites for hydroxylation is 1. The van der Waals surface area contributed by atoms with Gasteiger partial charge in [0.2, 0.25) is 0 Å². The van der Waals surface area contributed by atoms with Crippen molar-refractivity contribution < 1.29 is 17.9 Å². The van der Waals surface area contributed by atoms with Crippen LogP contribution in [0.15, 0.2) is 18.2 Å². The van der Waals surface area contributed by atoms with Crippen molar-refractivity contribution in [3.05, 3.63) is 29.6 Å². The zero-order valence-electron chi connectivity index (χ0n) is 13.2. The number of halogens is 3. The molecular weight excluding hydrogens is 307 g/mol. The fraction of sp³-hybridized carbons (Fsp3) is 0.562. The van der Waals surface area contributed by atoms with Gasteiger partial charge in [0, 0.05) is 20.2 Å². The van der Waals surface area contributed by atoms with Crippen LogP contribution in [0.1, 0.15) is 37.2 Å². The first-order valence-electron chi connectivity index (χ1n) is 7.75. The van der Waals surface area contributed by atoms with Gasteiger partial charge in [-0.25, -0.2) is 4.98 Å². The molecule has 7 heteroatoms. The molecule has 1 aromatic heterocycles. The van der Waals surface area contributed by atoms with Gasteiger partial charge in [0.1, 0.15) is 5.82 Å². The third kappa shape index (κ3) is 3.35. The maximum absolute atomic E-state index is 12.8. The molecule has 0 aliphatic carbocycles. The number of hydrogen-bond donors (Lipinski definition) is 1. The van der Waals surface area contributed by atoms with E-state index in [0.29, 0.717) is 11.0 Å². The predicted octanol–water partition coefficient (Wildman–Crippen LogP) is 3.42. The maximum Gasteiger partial charge on any atom is 0.416 e. The van der Waals surface area contributed by atoms with Gasteiger partial charge in [-0.3, -0.25) is 0 Å². The summed E-state index contributed by atoms with van der Waals surface area (Å²) in [6.45, 7) is 3.48. The Morgan fingerprint density at radius 1 is 1.43 bits per heavy atom. The summed E-state index contributed by atoms with van der Waals surface area (Å²) in [7, 11) is 1.82.